The number of allylic oxidation sites excluding steroid dienone is 1. The Labute approximate surface area is 215 Å². The van der Waals surface area contributed by atoms with Crippen molar-refractivity contribution in [2.75, 3.05) is 11.1 Å². The molecule has 0 spiro atoms. The minimum atomic E-state index is -0.309. The van der Waals surface area contributed by atoms with Gasteiger partial charge in [0, 0.05) is 16.7 Å². The van der Waals surface area contributed by atoms with Gasteiger partial charge < -0.3 is 11.1 Å². The lowest BCUT2D eigenvalue weighted by Crippen LogP contribution is -2.09. The molecule has 0 aliphatic carbocycles. The summed E-state index contributed by atoms with van der Waals surface area (Å²) in [7, 11) is 0. The van der Waals surface area contributed by atoms with E-state index in [1.807, 2.05) is 67.6 Å². The van der Waals surface area contributed by atoms with E-state index in [1.165, 1.54) is 12.2 Å². The molecule has 4 nitrogen and oxygen atoms in total. The van der Waals surface area contributed by atoms with Crippen LogP contribution in [0.5, 0.6) is 0 Å². The quantitative estimate of drug-likeness (QED) is 0.160. The highest BCUT2D eigenvalue weighted by molar-refractivity contribution is 6.32. The summed E-state index contributed by atoms with van der Waals surface area (Å²) in [4.78, 5) is 24.9. The van der Waals surface area contributed by atoms with E-state index in [9.17, 15) is 9.59 Å². The van der Waals surface area contributed by atoms with Crippen LogP contribution in [0.25, 0.3) is 23.3 Å². The SMILES string of the molecule is Cc1ccc(C(=O)C=Cc2cc(C=CC(=O)Nc3ccc(-c4ccccc4)cc3N)ccc2Cl)cc1. The normalized spacial score (nSPS) is 11.2. The van der Waals surface area contributed by atoms with Gasteiger partial charge in [0.15, 0.2) is 5.78 Å². The van der Waals surface area contributed by atoms with Crippen LogP contribution in [0.2, 0.25) is 5.02 Å². The molecule has 0 saturated carbocycles. The van der Waals surface area contributed by atoms with Crippen molar-refractivity contribution in [3.05, 3.63) is 130 Å². The van der Waals surface area contributed by atoms with Crippen molar-refractivity contribution in [3.8, 4) is 11.1 Å². The molecule has 0 aromatic heterocycles. The van der Waals surface area contributed by atoms with E-state index in [0.29, 0.717) is 27.5 Å². The maximum atomic E-state index is 12.5. The number of hydrogen-bond acceptors (Lipinski definition) is 3. The Hall–Kier alpha value is -4.41. The van der Waals surface area contributed by atoms with Crippen molar-refractivity contribution in [2.24, 2.45) is 0 Å². The molecule has 4 aromatic carbocycles. The fourth-order valence-electron chi connectivity index (χ4n) is 3.61. The molecule has 0 bridgehead atoms. The summed E-state index contributed by atoms with van der Waals surface area (Å²) in [6.07, 6.45) is 6.28. The number of nitrogens with two attached hydrogens (primary N) is 1. The van der Waals surface area contributed by atoms with Crippen molar-refractivity contribution in [1.82, 2.24) is 0 Å². The lowest BCUT2D eigenvalue weighted by molar-refractivity contribution is -0.111. The van der Waals surface area contributed by atoms with E-state index in [4.69, 9.17) is 17.3 Å². The van der Waals surface area contributed by atoms with Crippen molar-refractivity contribution < 1.29 is 9.59 Å². The van der Waals surface area contributed by atoms with Crippen LogP contribution in [0.1, 0.15) is 27.0 Å². The van der Waals surface area contributed by atoms with E-state index in [-0.39, 0.29) is 11.7 Å². The molecular weight excluding hydrogens is 468 g/mol. The Kier molecular flexibility index (Phi) is 7.79. The molecule has 4 rings (SSSR count). The number of halogens is 1. The average molecular weight is 493 g/mol. The number of hydrogen-bond donors (Lipinski definition) is 2. The number of benzene rings is 4. The van der Waals surface area contributed by atoms with Crippen LogP contribution >= 0.6 is 11.6 Å². The highest BCUT2D eigenvalue weighted by Gasteiger charge is 2.06. The lowest BCUT2D eigenvalue weighted by Gasteiger charge is -2.09. The zero-order chi connectivity index (χ0) is 25.5. The van der Waals surface area contributed by atoms with Gasteiger partial charge in [-0.05, 0) is 71.7 Å². The zero-order valence-electron chi connectivity index (χ0n) is 19.7. The maximum absolute atomic E-state index is 12.5. The van der Waals surface area contributed by atoms with Gasteiger partial charge in [0.25, 0.3) is 0 Å². The molecule has 5 heteroatoms. The molecule has 0 unspecified atom stereocenters. The summed E-state index contributed by atoms with van der Waals surface area (Å²) in [6, 6.07) is 28.2. The van der Waals surface area contributed by atoms with Crippen molar-refractivity contribution >= 4 is 46.8 Å². The standard InChI is InChI=1S/C31H25ClN2O2/c1-21-7-11-24(12-8-21)30(35)17-14-26-19-22(9-15-27(26)32)10-18-31(36)34-29-16-13-25(20-28(29)33)23-5-3-2-4-6-23/h2-20H,33H2,1H3,(H,34,36). The van der Waals surface area contributed by atoms with Crippen molar-refractivity contribution in [2.45, 2.75) is 6.92 Å². The second kappa shape index (κ2) is 11.3. The first-order valence-electron chi connectivity index (χ1n) is 11.4. The molecule has 4 aromatic rings. The number of amides is 1. The highest BCUT2D eigenvalue weighted by Crippen LogP contribution is 2.27. The second-order valence-corrected chi connectivity index (χ2v) is 8.74. The number of ketones is 1. The summed E-state index contributed by atoms with van der Waals surface area (Å²) >= 11 is 6.31. The van der Waals surface area contributed by atoms with Gasteiger partial charge in [-0.3, -0.25) is 9.59 Å². The maximum Gasteiger partial charge on any atom is 0.248 e. The molecule has 0 fully saturated rings. The average Bonchev–Trinajstić information content (AvgIpc) is 2.89. The predicted molar refractivity (Wildman–Crippen MR) is 150 cm³/mol. The van der Waals surface area contributed by atoms with E-state index in [1.54, 1.807) is 42.5 Å². The van der Waals surface area contributed by atoms with E-state index >= 15 is 0 Å². The van der Waals surface area contributed by atoms with E-state index in [0.717, 1.165) is 22.3 Å². The van der Waals surface area contributed by atoms with Gasteiger partial charge >= 0.3 is 0 Å². The number of anilines is 2. The predicted octanol–water partition coefficient (Wildman–Crippen LogP) is 7.45. The number of rotatable bonds is 7. The van der Waals surface area contributed by atoms with Crippen molar-refractivity contribution in [1.29, 1.82) is 0 Å². The number of carbonyl (C=O) groups excluding carboxylic acids is 2. The molecule has 0 heterocycles. The van der Waals surface area contributed by atoms with Crippen LogP contribution < -0.4 is 11.1 Å². The molecule has 178 valence electrons. The van der Waals surface area contributed by atoms with Gasteiger partial charge in [-0.1, -0.05) is 83.9 Å². The summed E-state index contributed by atoms with van der Waals surface area (Å²) < 4.78 is 0. The van der Waals surface area contributed by atoms with Gasteiger partial charge in [0.05, 0.1) is 11.4 Å². The first-order valence-corrected chi connectivity index (χ1v) is 11.8. The molecule has 3 N–H and O–H groups in total. The fraction of sp³-hybridized carbons (Fsp3) is 0.0323. The minimum Gasteiger partial charge on any atom is -0.397 e. The third-order valence-electron chi connectivity index (χ3n) is 5.61. The third-order valence-corrected chi connectivity index (χ3v) is 5.96. The van der Waals surface area contributed by atoms with Crippen LogP contribution in [-0.4, -0.2) is 11.7 Å². The second-order valence-electron chi connectivity index (χ2n) is 8.34. The molecule has 0 radical (unpaired) electrons. The molecule has 0 aliphatic heterocycles. The summed E-state index contributed by atoms with van der Waals surface area (Å²) in [5.41, 5.74) is 12.4. The smallest absolute Gasteiger partial charge is 0.248 e. The molecule has 0 atom stereocenters. The molecule has 0 aliphatic rings. The Morgan fingerprint density at radius 3 is 2.28 bits per heavy atom. The molecular formula is C31H25ClN2O2. The van der Waals surface area contributed by atoms with Gasteiger partial charge in [-0.2, -0.15) is 0 Å². The van der Waals surface area contributed by atoms with Crippen molar-refractivity contribution in [3.63, 3.8) is 0 Å². The monoisotopic (exact) mass is 492 g/mol. The Bertz CT molecular complexity index is 1460. The largest absolute Gasteiger partial charge is 0.397 e. The number of nitrogen functional groups attached to an aromatic ring is 1. The van der Waals surface area contributed by atoms with Crippen LogP contribution in [0.15, 0.2) is 103 Å². The first-order chi connectivity index (χ1) is 17.4. The number of carbonyl (C=O) groups is 2. The van der Waals surface area contributed by atoms with E-state index in [2.05, 4.69) is 5.32 Å². The Balaban J connectivity index is 1.42. The topological polar surface area (TPSA) is 72.2 Å². The Morgan fingerprint density at radius 1 is 0.806 bits per heavy atom. The third kappa shape index (κ3) is 6.38. The summed E-state index contributed by atoms with van der Waals surface area (Å²) in [5.74, 6) is -0.419. The highest BCUT2D eigenvalue weighted by atomic mass is 35.5. The van der Waals surface area contributed by atoms with Crippen LogP contribution in [0.4, 0.5) is 11.4 Å². The van der Waals surface area contributed by atoms with E-state index < -0.39 is 0 Å². The van der Waals surface area contributed by atoms with Crippen LogP contribution in [0, 0.1) is 6.92 Å². The molecule has 1 amide bonds. The molecule has 0 saturated heterocycles. The van der Waals surface area contributed by atoms with Gasteiger partial charge in [0.2, 0.25) is 5.91 Å². The zero-order valence-corrected chi connectivity index (χ0v) is 20.5. The van der Waals surface area contributed by atoms with Gasteiger partial charge in [-0.15, -0.1) is 0 Å². The fourth-order valence-corrected chi connectivity index (χ4v) is 3.79. The van der Waals surface area contributed by atoms with Gasteiger partial charge in [-0.25, -0.2) is 0 Å². The lowest BCUT2D eigenvalue weighted by atomic mass is 10.0. The molecule has 36 heavy (non-hydrogen) atoms. The first kappa shape index (κ1) is 24.7. The van der Waals surface area contributed by atoms with Crippen LogP contribution in [0.3, 0.4) is 0 Å². The number of nitrogens with one attached hydrogen (secondary N) is 1. The summed E-state index contributed by atoms with van der Waals surface area (Å²) in [6.45, 7) is 1.97. The number of aryl methyl sites for hydroxylation is 1. The van der Waals surface area contributed by atoms with Crippen LogP contribution in [-0.2, 0) is 4.79 Å². The summed E-state index contributed by atoms with van der Waals surface area (Å²) in [5, 5.41) is 3.32. The van der Waals surface area contributed by atoms with Gasteiger partial charge in [0.1, 0.15) is 0 Å². The Morgan fingerprint density at radius 2 is 1.56 bits per heavy atom. The minimum absolute atomic E-state index is 0.109.